The topological polar surface area (TPSA) is 91.5 Å². The average Bonchev–Trinajstić information content (AvgIpc) is 3.20. The summed E-state index contributed by atoms with van der Waals surface area (Å²) in [4.78, 5) is 40.6. The molecule has 25 heavy (non-hydrogen) atoms. The maximum absolute atomic E-state index is 12.2. The van der Waals surface area contributed by atoms with Crippen LogP contribution in [0.5, 0.6) is 0 Å². The normalized spacial score (nSPS) is 15.4. The lowest BCUT2D eigenvalue weighted by Crippen LogP contribution is -2.47. The van der Waals surface area contributed by atoms with E-state index in [0.717, 1.165) is 16.5 Å². The molecule has 0 bridgehead atoms. The highest BCUT2D eigenvalue weighted by molar-refractivity contribution is 8.00. The van der Waals surface area contributed by atoms with Crippen LogP contribution < -0.4 is 5.32 Å². The summed E-state index contributed by atoms with van der Waals surface area (Å²) >= 11 is 1.47. The van der Waals surface area contributed by atoms with Gasteiger partial charge in [0, 0.05) is 23.5 Å². The molecule has 1 saturated heterocycles. The van der Waals surface area contributed by atoms with E-state index in [-0.39, 0.29) is 18.4 Å². The Labute approximate surface area is 149 Å². The largest absolute Gasteiger partial charge is 0.467 e. The zero-order valence-electron chi connectivity index (χ0n) is 13.8. The number of aromatic amines is 1. The van der Waals surface area contributed by atoms with Gasteiger partial charge in [0.15, 0.2) is 0 Å². The number of H-pyrrole nitrogens is 1. The molecule has 2 aromatic rings. The van der Waals surface area contributed by atoms with Gasteiger partial charge in [-0.3, -0.25) is 9.59 Å². The maximum Gasteiger partial charge on any atom is 0.328 e. The molecule has 8 heteroatoms. The number of nitrogens with one attached hydrogen (secondary N) is 2. The molecule has 0 unspecified atom stereocenters. The lowest BCUT2D eigenvalue weighted by molar-refractivity contribution is -0.145. The van der Waals surface area contributed by atoms with Crippen LogP contribution in [0.15, 0.2) is 30.5 Å². The molecule has 0 spiro atoms. The van der Waals surface area contributed by atoms with Crippen molar-refractivity contribution in [3.8, 4) is 0 Å². The second kappa shape index (κ2) is 7.60. The van der Waals surface area contributed by atoms with Crippen molar-refractivity contribution in [1.82, 2.24) is 15.2 Å². The van der Waals surface area contributed by atoms with Gasteiger partial charge in [0.05, 0.1) is 18.7 Å². The predicted molar refractivity (Wildman–Crippen MR) is 95.0 cm³/mol. The van der Waals surface area contributed by atoms with Gasteiger partial charge in [0.2, 0.25) is 11.8 Å². The Kier molecular flexibility index (Phi) is 5.28. The van der Waals surface area contributed by atoms with Crippen molar-refractivity contribution in [2.24, 2.45) is 0 Å². The van der Waals surface area contributed by atoms with Gasteiger partial charge in [-0.25, -0.2) is 4.79 Å². The molecule has 0 aliphatic carbocycles. The molecule has 0 saturated carbocycles. The maximum atomic E-state index is 12.2. The average molecular weight is 361 g/mol. The van der Waals surface area contributed by atoms with Crippen LogP contribution in [0.25, 0.3) is 10.9 Å². The molecule has 2 amide bonds. The predicted octanol–water partition coefficient (Wildman–Crippen LogP) is 0.901. The second-order valence-corrected chi connectivity index (χ2v) is 6.73. The first-order valence-electron chi connectivity index (χ1n) is 7.86. The Morgan fingerprint density at radius 2 is 2.20 bits per heavy atom. The summed E-state index contributed by atoms with van der Waals surface area (Å²) in [6.07, 6.45) is 2.14. The third-order valence-corrected chi connectivity index (χ3v) is 5.03. The van der Waals surface area contributed by atoms with Gasteiger partial charge in [-0.1, -0.05) is 18.2 Å². The number of para-hydroxylation sites is 1. The van der Waals surface area contributed by atoms with Crippen LogP contribution in [0.1, 0.15) is 5.56 Å². The first-order chi connectivity index (χ1) is 12.1. The number of nitrogens with zero attached hydrogens (tertiary/aromatic N) is 1. The Morgan fingerprint density at radius 1 is 1.40 bits per heavy atom. The Bertz CT molecular complexity index is 804. The van der Waals surface area contributed by atoms with Gasteiger partial charge >= 0.3 is 5.97 Å². The number of esters is 1. The van der Waals surface area contributed by atoms with Gasteiger partial charge in [-0.15, -0.1) is 11.8 Å². The molecule has 2 N–H and O–H groups in total. The van der Waals surface area contributed by atoms with E-state index in [2.05, 4.69) is 10.3 Å². The molecule has 1 aliphatic heterocycles. The number of fused-ring (bicyclic) bond motifs is 1. The number of carbonyl (C=O) groups excluding carboxylic acids is 3. The Balaban J connectivity index is 1.70. The fraction of sp³-hybridized carbons (Fsp3) is 0.353. The van der Waals surface area contributed by atoms with Crippen LogP contribution in [0, 0.1) is 0 Å². The minimum absolute atomic E-state index is 0.0484. The van der Waals surface area contributed by atoms with E-state index >= 15 is 0 Å². The highest BCUT2D eigenvalue weighted by Gasteiger charge is 2.27. The van der Waals surface area contributed by atoms with Gasteiger partial charge in [0.25, 0.3) is 0 Å². The number of hydrogen-bond donors (Lipinski definition) is 2. The molecule has 1 aromatic carbocycles. The molecule has 1 aromatic heterocycles. The van der Waals surface area contributed by atoms with Gasteiger partial charge in [-0.05, 0) is 11.6 Å². The number of methoxy groups -OCH3 is 1. The Morgan fingerprint density at radius 3 is 2.92 bits per heavy atom. The van der Waals surface area contributed by atoms with Crippen LogP contribution >= 0.6 is 11.8 Å². The van der Waals surface area contributed by atoms with E-state index in [1.54, 1.807) is 0 Å². The van der Waals surface area contributed by atoms with Crippen LogP contribution in [0.4, 0.5) is 0 Å². The van der Waals surface area contributed by atoms with Crippen LogP contribution in [0.3, 0.4) is 0 Å². The fourth-order valence-corrected chi connectivity index (χ4v) is 3.71. The van der Waals surface area contributed by atoms with Crippen LogP contribution in [-0.2, 0) is 25.5 Å². The van der Waals surface area contributed by atoms with E-state index in [0.29, 0.717) is 18.1 Å². The second-order valence-electron chi connectivity index (χ2n) is 5.78. The molecule has 132 valence electrons. The highest BCUT2D eigenvalue weighted by atomic mass is 32.2. The number of thioether (sulfide) groups is 1. The van der Waals surface area contributed by atoms with E-state index < -0.39 is 12.0 Å². The number of rotatable bonds is 6. The summed E-state index contributed by atoms with van der Waals surface area (Å²) in [5.41, 5.74) is 1.88. The van der Waals surface area contributed by atoms with Crippen molar-refractivity contribution >= 4 is 40.4 Å². The number of benzene rings is 1. The summed E-state index contributed by atoms with van der Waals surface area (Å²) in [6, 6.07) is 6.94. The van der Waals surface area contributed by atoms with Crippen molar-refractivity contribution in [2.75, 3.05) is 25.3 Å². The van der Waals surface area contributed by atoms with Gasteiger partial charge in [-0.2, -0.15) is 0 Å². The molecule has 1 aliphatic rings. The fourth-order valence-electron chi connectivity index (χ4n) is 2.81. The molecule has 1 atom stereocenters. The summed E-state index contributed by atoms with van der Waals surface area (Å²) in [5, 5.41) is 3.68. The molecular weight excluding hydrogens is 342 g/mol. The lowest BCUT2D eigenvalue weighted by atomic mass is 10.0. The first-order valence-corrected chi connectivity index (χ1v) is 9.01. The molecular formula is C17H19N3O4S. The minimum Gasteiger partial charge on any atom is -0.467 e. The monoisotopic (exact) mass is 361 g/mol. The third kappa shape index (κ3) is 3.96. The summed E-state index contributed by atoms with van der Waals surface area (Å²) < 4.78 is 4.82. The SMILES string of the molecule is COC(=O)[C@@H](Cc1c[nH]c2ccccc12)NC(=O)CN1CSCC1=O. The van der Waals surface area contributed by atoms with Crippen molar-refractivity contribution in [3.05, 3.63) is 36.0 Å². The number of hydrogen-bond acceptors (Lipinski definition) is 5. The summed E-state index contributed by atoms with van der Waals surface area (Å²) in [6.45, 7) is -0.0484. The first kappa shape index (κ1) is 17.3. The van der Waals surface area contributed by atoms with E-state index in [1.165, 1.54) is 23.8 Å². The third-order valence-electron chi connectivity index (χ3n) is 4.08. The highest BCUT2D eigenvalue weighted by Crippen LogP contribution is 2.19. The van der Waals surface area contributed by atoms with Crippen molar-refractivity contribution in [1.29, 1.82) is 0 Å². The standard InChI is InChI=1S/C17H19N3O4S/c1-24-17(23)14(19-15(21)8-20-10-25-9-16(20)22)6-11-7-18-13-5-3-2-4-12(11)13/h2-5,7,14,18H,6,8-10H2,1H3,(H,19,21)/t14-/m1/s1. The van der Waals surface area contributed by atoms with Gasteiger partial charge in [0.1, 0.15) is 12.6 Å². The van der Waals surface area contributed by atoms with Crippen molar-refractivity contribution < 1.29 is 19.1 Å². The molecule has 1 fully saturated rings. The van der Waals surface area contributed by atoms with Gasteiger partial charge < -0.3 is 19.9 Å². The zero-order chi connectivity index (χ0) is 17.8. The Hall–Kier alpha value is -2.48. The minimum atomic E-state index is -0.804. The number of amides is 2. The zero-order valence-corrected chi connectivity index (χ0v) is 14.6. The van der Waals surface area contributed by atoms with Crippen LogP contribution in [-0.4, -0.2) is 59.0 Å². The number of ether oxygens (including phenoxy) is 1. The van der Waals surface area contributed by atoms with Crippen molar-refractivity contribution in [2.45, 2.75) is 12.5 Å². The molecule has 0 radical (unpaired) electrons. The van der Waals surface area contributed by atoms with E-state index in [4.69, 9.17) is 4.74 Å². The molecule has 2 heterocycles. The number of aromatic nitrogens is 1. The van der Waals surface area contributed by atoms with Crippen LogP contribution in [0.2, 0.25) is 0 Å². The summed E-state index contributed by atoms with van der Waals surface area (Å²) in [7, 11) is 1.29. The van der Waals surface area contributed by atoms with E-state index in [1.807, 2.05) is 30.5 Å². The van der Waals surface area contributed by atoms with E-state index in [9.17, 15) is 14.4 Å². The quantitative estimate of drug-likeness (QED) is 0.746. The molecule has 7 nitrogen and oxygen atoms in total. The van der Waals surface area contributed by atoms with Crippen molar-refractivity contribution in [3.63, 3.8) is 0 Å². The lowest BCUT2D eigenvalue weighted by Gasteiger charge is -2.19. The summed E-state index contributed by atoms with van der Waals surface area (Å²) in [5.74, 6) is -0.0565. The molecule has 3 rings (SSSR count). The smallest absolute Gasteiger partial charge is 0.328 e. The number of carbonyl (C=O) groups is 3.